The van der Waals surface area contributed by atoms with Gasteiger partial charge in [0.25, 0.3) is 0 Å². The van der Waals surface area contributed by atoms with E-state index in [9.17, 15) is 13.6 Å². The molecule has 0 saturated heterocycles. The largest absolute Gasteiger partial charge is 0.493 e. The van der Waals surface area contributed by atoms with E-state index >= 15 is 8.78 Å². The van der Waals surface area contributed by atoms with Crippen molar-refractivity contribution in [1.82, 2.24) is 0 Å². The highest BCUT2D eigenvalue weighted by Gasteiger charge is 2.62. The third-order valence-corrected chi connectivity index (χ3v) is 6.56. The Kier molecular flexibility index (Phi) is 4.60. The van der Waals surface area contributed by atoms with Crippen LogP contribution in [0.15, 0.2) is 12.1 Å². The molecule has 0 radical (unpaired) electrons. The molecule has 0 N–H and O–H groups in total. The molecule has 0 spiro atoms. The zero-order valence-electron chi connectivity index (χ0n) is 17.2. The van der Waals surface area contributed by atoms with E-state index in [1.165, 1.54) is 19.9 Å². The molecule has 2 atom stereocenters. The minimum Gasteiger partial charge on any atom is -0.493 e. The Bertz CT molecular complexity index is 818. The maximum absolute atomic E-state index is 15.4. The van der Waals surface area contributed by atoms with Crippen LogP contribution < -0.4 is 4.74 Å². The highest BCUT2D eigenvalue weighted by atomic mass is 19.2. The topological polar surface area (TPSA) is 26.3 Å². The van der Waals surface area contributed by atoms with Crippen LogP contribution in [-0.2, 0) is 0 Å². The van der Waals surface area contributed by atoms with Crippen LogP contribution in [0, 0.1) is 11.2 Å². The van der Waals surface area contributed by atoms with Crippen molar-refractivity contribution in [2.24, 2.45) is 5.41 Å². The molecule has 1 aromatic rings. The van der Waals surface area contributed by atoms with Crippen molar-refractivity contribution in [2.45, 2.75) is 88.6 Å². The Hall–Kier alpha value is -1.59. The molecule has 3 aliphatic rings. The van der Waals surface area contributed by atoms with Gasteiger partial charge in [0.2, 0.25) is 0 Å². The van der Waals surface area contributed by atoms with E-state index in [2.05, 4.69) is 0 Å². The summed E-state index contributed by atoms with van der Waals surface area (Å²) < 4.78 is 65.5. The first kappa shape index (κ1) is 20.7. The van der Waals surface area contributed by atoms with E-state index < -0.39 is 28.2 Å². The molecule has 0 amide bonds. The van der Waals surface area contributed by atoms with Crippen molar-refractivity contribution in [3.05, 3.63) is 29.1 Å². The van der Waals surface area contributed by atoms with Gasteiger partial charge in [0, 0.05) is 30.7 Å². The van der Waals surface area contributed by atoms with E-state index in [1.54, 1.807) is 13.0 Å². The fourth-order valence-corrected chi connectivity index (χ4v) is 5.95. The average Bonchev–Trinajstić information content (AvgIpc) is 3.32. The molecule has 4 rings (SSSR count). The molecule has 0 heterocycles. The Balaban J connectivity index is 1.56. The van der Waals surface area contributed by atoms with E-state index in [0.29, 0.717) is 5.75 Å². The number of fused-ring (bicyclic) bond motifs is 2. The first-order chi connectivity index (χ1) is 13.3. The smallest absolute Gasteiger partial charge is 0.162 e. The van der Waals surface area contributed by atoms with Gasteiger partial charge in [-0.15, -0.1) is 0 Å². The van der Waals surface area contributed by atoms with Crippen molar-refractivity contribution in [2.75, 3.05) is 6.61 Å². The van der Waals surface area contributed by atoms with E-state index in [1.807, 2.05) is 0 Å². The minimum absolute atomic E-state index is 0.0119. The van der Waals surface area contributed by atoms with Crippen molar-refractivity contribution >= 4 is 5.78 Å². The zero-order chi connectivity index (χ0) is 21.2. The van der Waals surface area contributed by atoms with Crippen LogP contribution in [0.4, 0.5) is 17.6 Å². The van der Waals surface area contributed by atoms with Crippen LogP contribution in [-0.4, -0.2) is 29.4 Å². The first-order valence-electron chi connectivity index (χ1n) is 10.4. The van der Waals surface area contributed by atoms with E-state index in [0.717, 1.165) is 18.4 Å². The second-order valence-corrected chi connectivity index (χ2v) is 10.4. The van der Waals surface area contributed by atoms with Crippen LogP contribution in [0.25, 0.3) is 0 Å². The van der Waals surface area contributed by atoms with Gasteiger partial charge in [-0.3, -0.25) is 4.79 Å². The summed E-state index contributed by atoms with van der Waals surface area (Å²) in [5.74, 6) is -0.451. The quantitative estimate of drug-likeness (QED) is 0.412. The minimum atomic E-state index is -1.91. The Morgan fingerprint density at radius 3 is 2.14 bits per heavy atom. The van der Waals surface area contributed by atoms with Crippen LogP contribution in [0.1, 0.15) is 87.6 Å². The van der Waals surface area contributed by atoms with Crippen molar-refractivity contribution in [3.63, 3.8) is 0 Å². The summed E-state index contributed by atoms with van der Waals surface area (Å²) in [5.41, 5.74) is -5.68. The summed E-state index contributed by atoms with van der Waals surface area (Å²) in [5, 5.41) is 0. The van der Waals surface area contributed by atoms with Gasteiger partial charge in [-0.1, -0.05) is 6.92 Å². The number of rotatable bonds is 5. The fourth-order valence-electron chi connectivity index (χ4n) is 5.95. The Morgan fingerprint density at radius 1 is 1.03 bits per heavy atom. The summed E-state index contributed by atoms with van der Waals surface area (Å²) in [4.78, 5) is 11.7. The SMILES string of the molecule is CC(=O)c1cc(C2CC2)c(OCC2(C)CC3(F)CC(C)(F)CC(F)(C2)C3)cc1F. The molecule has 3 aliphatic carbocycles. The number of ether oxygens (including phenoxy) is 1. The van der Waals surface area contributed by atoms with E-state index in [-0.39, 0.29) is 56.0 Å². The summed E-state index contributed by atoms with van der Waals surface area (Å²) in [6.45, 7) is 4.37. The number of carbonyl (C=O) groups excluding carboxylic acids is 1. The third kappa shape index (κ3) is 4.17. The molecule has 1 aromatic carbocycles. The van der Waals surface area contributed by atoms with Crippen molar-refractivity contribution in [3.8, 4) is 5.75 Å². The van der Waals surface area contributed by atoms with Gasteiger partial charge >= 0.3 is 0 Å². The molecular formula is C23H28F4O2. The highest BCUT2D eigenvalue weighted by molar-refractivity contribution is 5.94. The summed E-state index contributed by atoms with van der Waals surface area (Å²) in [6, 6.07) is 2.76. The van der Waals surface area contributed by atoms with Crippen LogP contribution in [0.5, 0.6) is 5.75 Å². The molecule has 0 aromatic heterocycles. The molecule has 6 heteroatoms. The number of hydrogen-bond donors (Lipinski definition) is 0. The lowest BCUT2D eigenvalue weighted by atomic mass is 9.56. The molecule has 3 saturated carbocycles. The second kappa shape index (κ2) is 6.45. The number of benzene rings is 1. The second-order valence-electron chi connectivity index (χ2n) is 10.4. The first-order valence-corrected chi connectivity index (χ1v) is 10.4. The molecule has 2 nitrogen and oxygen atoms in total. The lowest BCUT2D eigenvalue weighted by Gasteiger charge is -2.54. The van der Waals surface area contributed by atoms with Crippen molar-refractivity contribution in [1.29, 1.82) is 0 Å². The maximum atomic E-state index is 15.4. The zero-order valence-corrected chi connectivity index (χ0v) is 17.2. The molecule has 29 heavy (non-hydrogen) atoms. The summed E-state index contributed by atoms with van der Waals surface area (Å²) in [6.07, 6.45) is 1.01. The highest BCUT2D eigenvalue weighted by Crippen LogP contribution is 2.59. The summed E-state index contributed by atoms with van der Waals surface area (Å²) >= 11 is 0. The number of hydrogen-bond acceptors (Lipinski definition) is 2. The van der Waals surface area contributed by atoms with Gasteiger partial charge in [0.1, 0.15) is 28.6 Å². The van der Waals surface area contributed by atoms with Crippen LogP contribution in [0.3, 0.4) is 0 Å². The van der Waals surface area contributed by atoms with E-state index in [4.69, 9.17) is 4.74 Å². The third-order valence-electron chi connectivity index (χ3n) is 6.56. The fraction of sp³-hybridized carbons (Fsp3) is 0.696. The number of alkyl halides is 3. The standard InChI is InChI=1S/C23H28F4O2/c1-14(28)16-6-17(15-4-5-15)19(7-18(16)24)29-13-20(2)8-22(26)10-21(3,25)11-23(27,9-20)12-22/h6-7,15H,4-5,8-13H2,1-3H3. The maximum Gasteiger partial charge on any atom is 0.162 e. The van der Waals surface area contributed by atoms with Gasteiger partial charge in [-0.25, -0.2) is 17.6 Å². The molecule has 2 unspecified atom stereocenters. The Morgan fingerprint density at radius 2 is 1.62 bits per heavy atom. The lowest BCUT2D eigenvalue weighted by Crippen LogP contribution is -2.58. The molecule has 160 valence electrons. The van der Waals surface area contributed by atoms with Gasteiger partial charge in [-0.05, 0) is 57.1 Å². The van der Waals surface area contributed by atoms with Crippen LogP contribution in [0.2, 0.25) is 0 Å². The normalized spacial score (nSPS) is 39.3. The number of ketones is 1. The predicted octanol–water partition coefficient (Wildman–Crippen LogP) is 6.41. The monoisotopic (exact) mass is 412 g/mol. The average molecular weight is 412 g/mol. The van der Waals surface area contributed by atoms with Crippen molar-refractivity contribution < 1.29 is 27.1 Å². The predicted molar refractivity (Wildman–Crippen MR) is 102 cm³/mol. The van der Waals surface area contributed by atoms with Gasteiger partial charge in [-0.2, -0.15) is 0 Å². The molecule has 3 fully saturated rings. The number of halogens is 4. The van der Waals surface area contributed by atoms with Crippen LogP contribution >= 0.6 is 0 Å². The number of Topliss-reactive ketones (excluding diaryl/α,β-unsaturated/α-hetero) is 1. The number of carbonyl (C=O) groups is 1. The lowest BCUT2D eigenvalue weighted by molar-refractivity contribution is -0.153. The summed E-state index contributed by atoms with van der Waals surface area (Å²) in [7, 11) is 0. The Labute approximate surface area is 169 Å². The molecule has 0 aliphatic heterocycles. The molecular weight excluding hydrogens is 384 g/mol. The van der Waals surface area contributed by atoms with Gasteiger partial charge in [0.05, 0.1) is 12.2 Å². The molecule has 2 bridgehead atoms. The van der Waals surface area contributed by atoms with Gasteiger partial charge in [0.15, 0.2) is 5.78 Å². The van der Waals surface area contributed by atoms with Gasteiger partial charge < -0.3 is 4.74 Å².